The van der Waals surface area contributed by atoms with Gasteiger partial charge in [-0.05, 0) is 18.6 Å². The summed E-state index contributed by atoms with van der Waals surface area (Å²) in [4.78, 5) is 21.7. The molecular formula is C13H15O4. The van der Waals surface area contributed by atoms with Crippen molar-refractivity contribution in [2.45, 2.75) is 19.8 Å². The fourth-order valence-corrected chi connectivity index (χ4v) is 1.24. The van der Waals surface area contributed by atoms with E-state index in [1.807, 2.05) is 6.92 Å². The van der Waals surface area contributed by atoms with Gasteiger partial charge in [0, 0.05) is 6.42 Å². The molecule has 91 valence electrons. The van der Waals surface area contributed by atoms with Crippen molar-refractivity contribution in [3.63, 3.8) is 0 Å². The van der Waals surface area contributed by atoms with Gasteiger partial charge in [0.15, 0.2) is 0 Å². The van der Waals surface area contributed by atoms with Crippen molar-refractivity contribution in [2.75, 3.05) is 13.2 Å². The van der Waals surface area contributed by atoms with Gasteiger partial charge in [-0.25, -0.2) is 4.79 Å². The summed E-state index contributed by atoms with van der Waals surface area (Å²) in [6.45, 7) is 2.52. The van der Waals surface area contributed by atoms with Crippen LogP contribution < -0.4 is 4.74 Å². The van der Waals surface area contributed by atoms with E-state index in [0.29, 0.717) is 17.9 Å². The summed E-state index contributed by atoms with van der Waals surface area (Å²) in [6.07, 6.45) is 2.68. The van der Waals surface area contributed by atoms with Crippen molar-refractivity contribution >= 4 is 12.3 Å². The Morgan fingerprint density at radius 2 is 2.06 bits per heavy atom. The fourth-order valence-electron chi connectivity index (χ4n) is 1.24. The molecule has 0 aliphatic carbocycles. The number of hydrogen-bond acceptors (Lipinski definition) is 4. The van der Waals surface area contributed by atoms with Gasteiger partial charge in [0.05, 0.1) is 13.2 Å². The quantitative estimate of drug-likeness (QED) is 0.536. The molecule has 0 amide bonds. The first-order valence-electron chi connectivity index (χ1n) is 5.53. The van der Waals surface area contributed by atoms with Crippen LogP contribution in [-0.4, -0.2) is 25.5 Å². The Bertz CT molecular complexity index is 373. The summed E-state index contributed by atoms with van der Waals surface area (Å²) in [7, 11) is 0. The van der Waals surface area contributed by atoms with E-state index >= 15 is 0 Å². The van der Waals surface area contributed by atoms with Crippen LogP contribution in [0.1, 0.15) is 30.1 Å². The normalized spacial score (nSPS) is 9.71. The van der Waals surface area contributed by atoms with Crippen LogP contribution in [0.15, 0.2) is 24.3 Å². The molecule has 0 unspecified atom stereocenters. The van der Waals surface area contributed by atoms with E-state index in [1.54, 1.807) is 30.6 Å². The minimum Gasteiger partial charge on any atom is -0.492 e. The van der Waals surface area contributed by atoms with Gasteiger partial charge in [0.2, 0.25) is 6.29 Å². The molecule has 0 aliphatic rings. The zero-order valence-electron chi connectivity index (χ0n) is 9.77. The molecule has 0 atom stereocenters. The van der Waals surface area contributed by atoms with Gasteiger partial charge in [0.25, 0.3) is 0 Å². The molecule has 0 saturated heterocycles. The van der Waals surface area contributed by atoms with Crippen molar-refractivity contribution in [2.24, 2.45) is 0 Å². The Morgan fingerprint density at radius 3 is 2.76 bits per heavy atom. The van der Waals surface area contributed by atoms with Crippen LogP contribution in [0, 0.1) is 0 Å². The summed E-state index contributed by atoms with van der Waals surface area (Å²) >= 11 is 0. The van der Waals surface area contributed by atoms with E-state index in [1.165, 1.54) is 0 Å². The van der Waals surface area contributed by atoms with Gasteiger partial charge in [0.1, 0.15) is 11.3 Å². The second-order valence-corrected chi connectivity index (χ2v) is 3.37. The minimum atomic E-state index is -0.405. The third-order valence-corrected chi connectivity index (χ3v) is 2.01. The largest absolute Gasteiger partial charge is 0.492 e. The maximum absolute atomic E-state index is 11.7. The number of ether oxygens (including phenoxy) is 2. The van der Waals surface area contributed by atoms with E-state index in [2.05, 4.69) is 0 Å². The van der Waals surface area contributed by atoms with E-state index in [0.717, 1.165) is 6.42 Å². The predicted molar refractivity (Wildman–Crippen MR) is 62.8 cm³/mol. The molecule has 0 fully saturated rings. The molecule has 0 bridgehead atoms. The van der Waals surface area contributed by atoms with Crippen LogP contribution in [0.3, 0.4) is 0 Å². The smallest absolute Gasteiger partial charge is 0.341 e. The van der Waals surface area contributed by atoms with Crippen LogP contribution in [0.25, 0.3) is 0 Å². The van der Waals surface area contributed by atoms with Crippen LogP contribution in [0.4, 0.5) is 0 Å². The lowest BCUT2D eigenvalue weighted by Gasteiger charge is -2.09. The van der Waals surface area contributed by atoms with Gasteiger partial charge in [-0.15, -0.1) is 0 Å². The predicted octanol–water partition coefficient (Wildman–Crippen LogP) is 2.13. The summed E-state index contributed by atoms with van der Waals surface area (Å²) in [5.74, 6) is 0.0291. The fraction of sp³-hybridized carbons (Fsp3) is 0.385. The van der Waals surface area contributed by atoms with E-state index in [4.69, 9.17) is 9.47 Å². The molecule has 0 saturated carbocycles. The van der Waals surface area contributed by atoms with Crippen molar-refractivity contribution in [1.29, 1.82) is 0 Å². The van der Waals surface area contributed by atoms with Crippen LogP contribution in [0.2, 0.25) is 0 Å². The number of para-hydroxylation sites is 1. The number of carbonyl (C=O) groups excluding carboxylic acids is 2. The number of benzene rings is 1. The second-order valence-electron chi connectivity index (χ2n) is 3.37. The van der Waals surface area contributed by atoms with Crippen LogP contribution >= 0.6 is 0 Å². The second kappa shape index (κ2) is 7.44. The molecule has 0 heterocycles. The summed E-state index contributed by atoms with van der Waals surface area (Å²) in [5.41, 5.74) is 0.381. The molecule has 0 aliphatic heterocycles. The lowest BCUT2D eigenvalue weighted by atomic mass is 10.2. The Morgan fingerprint density at radius 1 is 1.29 bits per heavy atom. The summed E-state index contributed by atoms with van der Waals surface area (Å²) in [5, 5.41) is 0. The topological polar surface area (TPSA) is 52.6 Å². The zero-order valence-corrected chi connectivity index (χ0v) is 9.77. The SMILES string of the molecule is CCCOC(=O)c1ccccc1OCC[C]=O. The Hall–Kier alpha value is -1.84. The van der Waals surface area contributed by atoms with Gasteiger partial charge in [-0.3, -0.25) is 4.79 Å². The molecule has 1 radical (unpaired) electrons. The zero-order chi connectivity index (χ0) is 12.5. The minimum absolute atomic E-state index is 0.179. The summed E-state index contributed by atoms with van der Waals surface area (Å²) < 4.78 is 10.3. The lowest BCUT2D eigenvalue weighted by Crippen LogP contribution is -2.09. The van der Waals surface area contributed by atoms with Gasteiger partial charge < -0.3 is 9.47 Å². The van der Waals surface area contributed by atoms with Crippen molar-refractivity contribution in [3.8, 4) is 5.75 Å². The Balaban J connectivity index is 2.69. The first-order chi connectivity index (χ1) is 8.29. The monoisotopic (exact) mass is 235 g/mol. The van der Waals surface area contributed by atoms with Gasteiger partial charge in [-0.1, -0.05) is 19.1 Å². The standard InChI is InChI=1S/C13H15O4/c1-2-9-17-13(15)11-6-3-4-7-12(11)16-10-5-8-14/h3-4,6-7H,2,5,9-10H2,1H3. The average molecular weight is 235 g/mol. The number of esters is 1. The summed E-state index contributed by atoms with van der Waals surface area (Å²) in [6, 6.07) is 6.81. The third kappa shape index (κ3) is 4.26. The first kappa shape index (κ1) is 13.2. The van der Waals surface area contributed by atoms with E-state index in [-0.39, 0.29) is 13.0 Å². The molecule has 1 aromatic carbocycles. The molecular weight excluding hydrogens is 220 g/mol. The number of hydrogen-bond donors (Lipinski definition) is 0. The Kier molecular flexibility index (Phi) is 5.79. The highest BCUT2D eigenvalue weighted by Crippen LogP contribution is 2.19. The van der Waals surface area contributed by atoms with Crippen molar-refractivity contribution in [1.82, 2.24) is 0 Å². The number of rotatable bonds is 7. The Labute approximate surface area is 101 Å². The van der Waals surface area contributed by atoms with Gasteiger partial charge in [-0.2, -0.15) is 0 Å². The van der Waals surface area contributed by atoms with E-state index < -0.39 is 5.97 Å². The molecule has 0 aromatic heterocycles. The van der Waals surface area contributed by atoms with Crippen LogP contribution in [0.5, 0.6) is 5.75 Å². The molecule has 4 nitrogen and oxygen atoms in total. The number of carbonyl (C=O) groups is 1. The maximum Gasteiger partial charge on any atom is 0.341 e. The molecule has 1 aromatic rings. The molecule has 17 heavy (non-hydrogen) atoms. The molecule has 4 heteroatoms. The van der Waals surface area contributed by atoms with Crippen molar-refractivity contribution < 1.29 is 19.1 Å². The maximum atomic E-state index is 11.7. The molecule has 0 N–H and O–H groups in total. The van der Waals surface area contributed by atoms with Crippen molar-refractivity contribution in [3.05, 3.63) is 29.8 Å². The average Bonchev–Trinajstić information content (AvgIpc) is 2.37. The highest BCUT2D eigenvalue weighted by molar-refractivity contribution is 5.92. The molecule has 1 rings (SSSR count). The van der Waals surface area contributed by atoms with Gasteiger partial charge >= 0.3 is 5.97 Å². The lowest BCUT2D eigenvalue weighted by molar-refractivity contribution is 0.0500. The first-order valence-corrected chi connectivity index (χ1v) is 5.53. The molecule has 0 spiro atoms. The van der Waals surface area contributed by atoms with E-state index in [9.17, 15) is 9.59 Å². The highest BCUT2D eigenvalue weighted by atomic mass is 16.5. The van der Waals surface area contributed by atoms with Crippen LogP contribution in [-0.2, 0) is 9.53 Å². The highest BCUT2D eigenvalue weighted by Gasteiger charge is 2.12. The third-order valence-electron chi connectivity index (χ3n) is 2.01.